The third-order valence-corrected chi connectivity index (χ3v) is 3.16. The molecule has 0 radical (unpaired) electrons. The van der Waals surface area contributed by atoms with Crippen molar-refractivity contribution in [1.29, 1.82) is 0 Å². The molecule has 2 atom stereocenters. The molecule has 0 aliphatic carbocycles. The van der Waals surface area contributed by atoms with Crippen LogP contribution < -0.4 is 5.32 Å². The fourth-order valence-electron chi connectivity index (χ4n) is 1.89. The highest BCUT2D eigenvalue weighted by molar-refractivity contribution is 5.11. The first-order valence-electron chi connectivity index (χ1n) is 6.53. The Hall–Kier alpha value is -0.760. The Labute approximate surface area is 99.4 Å². The van der Waals surface area contributed by atoms with Crippen molar-refractivity contribution in [2.75, 3.05) is 6.54 Å². The maximum atomic E-state index is 5.83. The SMILES string of the molecule is CCNC(CC(C)CC)c1ccc(CC)o1. The first-order chi connectivity index (χ1) is 7.71. The van der Waals surface area contributed by atoms with E-state index in [4.69, 9.17) is 4.42 Å². The maximum Gasteiger partial charge on any atom is 0.121 e. The lowest BCUT2D eigenvalue weighted by Gasteiger charge is -2.19. The Balaban J connectivity index is 2.68. The molecule has 2 unspecified atom stereocenters. The van der Waals surface area contributed by atoms with Gasteiger partial charge in [0.1, 0.15) is 11.5 Å². The van der Waals surface area contributed by atoms with E-state index in [-0.39, 0.29) is 0 Å². The molecule has 2 heteroatoms. The first kappa shape index (κ1) is 13.3. The molecule has 1 rings (SSSR count). The van der Waals surface area contributed by atoms with Crippen LogP contribution in [0.4, 0.5) is 0 Å². The fraction of sp³-hybridized carbons (Fsp3) is 0.714. The van der Waals surface area contributed by atoms with E-state index in [1.165, 1.54) is 6.42 Å². The van der Waals surface area contributed by atoms with Gasteiger partial charge < -0.3 is 9.73 Å². The molecule has 92 valence electrons. The third kappa shape index (κ3) is 3.67. The molecule has 0 spiro atoms. The van der Waals surface area contributed by atoms with Crippen LogP contribution in [0.15, 0.2) is 16.5 Å². The van der Waals surface area contributed by atoms with Crippen molar-refractivity contribution in [3.8, 4) is 0 Å². The Morgan fingerprint density at radius 1 is 1.25 bits per heavy atom. The largest absolute Gasteiger partial charge is 0.464 e. The second-order valence-electron chi connectivity index (χ2n) is 4.52. The molecule has 1 aromatic rings. The minimum atomic E-state index is 0.375. The summed E-state index contributed by atoms with van der Waals surface area (Å²) < 4.78 is 5.83. The van der Waals surface area contributed by atoms with Crippen molar-refractivity contribution in [2.24, 2.45) is 5.92 Å². The summed E-state index contributed by atoms with van der Waals surface area (Å²) in [5, 5.41) is 3.51. The molecule has 0 aliphatic heterocycles. The second kappa shape index (κ2) is 6.74. The average molecular weight is 223 g/mol. The average Bonchev–Trinajstić information content (AvgIpc) is 2.76. The highest BCUT2D eigenvalue weighted by Crippen LogP contribution is 2.24. The van der Waals surface area contributed by atoms with Crippen LogP contribution in [0.2, 0.25) is 0 Å². The molecule has 0 saturated carbocycles. The molecule has 0 amide bonds. The molecule has 1 heterocycles. The zero-order valence-electron chi connectivity index (χ0n) is 11.0. The van der Waals surface area contributed by atoms with Gasteiger partial charge in [0.2, 0.25) is 0 Å². The quantitative estimate of drug-likeness (QED) is 0.757. The van der Waals surface area contributed by atoms with Gasteiger partial charge in [0.05, 0.1) is 6.04 Å². The van der Waals surface area contributed by atoms with Gasteiger partial charge in [-0.3, -0.25) is 0 Å². The predicted octanol–water partition coefficient (Wildman–Crippen LogP) is 3.93. The number of aryl methyl sites for hydroxylation is 1. The number of rotatable bonds is 7. The van der Waals surface area contributed by atoms with Crippen LogP contribution in [-0.2, 0) is 6.42 Å². The number of nitrogens with one attached hydrogen (secondary N) is 1. The van der Waals surface area contributed by atoms with Gasteiger partial charge in [-0.25, -0.2) is 0 Å². The van der Waals surface area contributed by atoms with Crippen LogP contribution >= 0.6 is 0 Å². The van der Waals surface area contributed by atoms with E-state index >= 15 is 0 Å². The minimum absolute atomic E-state index is 0.375. The summed E-state index contributed by atoms with van der Waals surface area (Å²) in [6, 6.07) is 4.59. The highest BCUT2D eigenvalue weighted by Gasteiger charge is 2.16. The third-order valence-electron chi connectivity index (χ3n) is 3.16. The molecule has 0 aromatic carbocycles. The Morgan fingerprint density at radius 3 is 2.50 bits per heavy atom. The van der Waals surface area contributed by atoms with Gasteiger partial charge in [-0.15, -0.1) is 0 Å². The summed E-state index contributed by atoms with van der Waals surface area (Å²) in [7, 11) is 0. The van der Waals surface area contributed by atoms with Crippen molar-refractivity contribution in [3.63, 3.8) is 0 Å². The van der Waals surface area contributed by atoms with Crippen molar-refractivity contribution in [1.82, 2.24) is 5.32 Å². The summed E-state index contributed by atoms with van der Waals surface area (Å²) in [6.45, 7) is 9.80. The molecule has 2 nitrogen and oxygen atoms in total. The molecule has 0 bridgehead atoms. The van der Waals surface area contributed by atoms with Crippen molar-refractivity contribution >= 4 is 0 Å². The molecule has 1 aromatic heterocycles. The molecule has 0 saturated heterocycles. The van der Waals surface area contributed by atoms with E-state index in [1.807, 2.05) is 0 Å². The number of hydrogen-bond acceptors (Lipinski definition) is 2. The number of furan rings is 1. The summed E-state index contributed by atoms with van der Waals surface area (Å²) in [4.78, 5) is 0. The Kier molecular flexibility index (Phi) is 5.61. The predicted molar refractivity (Wildman–Crippen MR) is 68.6 cm³/mol. The molecule has 1 N–H and O–H groups in total. The maximum absolute atomic E-state index is 5.83. The van der Waals surface area contributed by atoms with Crippen molar-refractivity contribution < 1.29 is 4.42 Å². The van der Waals surface area contributed by atoms with Crippen molar-refractivity contribution in [2.45, 2.75) is 53.0 Å². The highest BCUT2D eigenvalue weighted by atomic mass is 16.3. The number of hydrogen-bond donors (Lipinski definition) is 1. The van der Waals surface area contributed by atoms with Crippen LogP contribution in [0.1, 0.15) is 58.1 Å². The van der Waals surface area contributed by atoms with E-state index < -0.39 is 0 Å². The zero-order chi connectivity index (χ0) is 12.0. The van der Waals surface area contributed by atoms with Gasteiger partial charge in [0.15, 0.2) is 0 Å². The standard InChI is InChI=1S/C14H25NO/c1-5-11(4)10-13(15-7-3)14-9-8-12(6-2)16-14/h8-9,11,13,15H,5-7,10H2,1-4H3. The van der Waals surface area contributed by atoms with Crippen LogP contribution in [0.25, 0.3) is 0 Å². The lowest BCUT2D eigenvalue weighted by Crippen LogP contribution is -2.22. The monoisotopic (exact) mass is 223 g/mol. The topological polar surface area (TPSA) is 25.2 Å². The molecular formula is C14H25NO. The van der Waals surface area contributed by atoms with Crippen LogP contribution in [-0.4, -0.2) is 6.54 Å². The summed E-state index contributed by atoms with van der Waals surface area (Å²) in [5.74, 6) is 2.92. The van der Waals surface area contributed by atoms with E-state index in [2.05, 4.69) is 45.1 Å². The van der Waals surface area contributed by atoms with Crippen LogP contribution in [0.5, 0.6) is 0 Å². The summed E-state index contributed by atoms with van der Waals surface area (Å²) in [5.41, 5.74) is 0. The van der Waals surface area contributed by atoms with E-state index in [9.17, 15) is 0 Å². The van der Waals surface area contributed by atoms with Gasteiger partial charge in [0, 0.05) is 6.42 Å². The minimum Gasteiger partial charge on any atom is -0.464 e. The van der Waals surface area contributed by atoms with Crippen LogP contribution in [0, 0.1) is 5.92 Å². The lowest BCUT2D eigenvalue weighted by molar-refractivity contribution is 0.342. The van der Waals surface area contributed by atoms with Gasteiger partial charge in [-0.2, -0.15) is 0 Å². The first-order valence-corrected chi connectivity index (χ1v) is 6.53. The van der Waals surface area contributed by atoms with Crippen molar-refractivity contribution in [3.05, 3.63) is 23.7 Å². The van der Waals surface area contributed by atoms with Gasteiger partial charge in [-0.05, 0) is 31.0 Å². The molecule has 0 aliphatic rings. The Morgan fingerprint density at radius 2 is 2.00 bits per heavy atom. The second-order valence-corrected chi connectivity index (χ2v) is 4.52. The smallest absolute Gasteiger partial charge is 0.121 e. The van der Waals surface area contributed by atoms with E-state index in [0.717, 1.165) is 36.8 Å². The summed E-state index contributed by atoms with van der Waals surface area (Å²) >= 11 is 0. The van der Waals surface area contributed by atoms with E-state index in [0.29, 0.717) is 6.04 Å². The molecule has 16 heavy (non-hydrogen) atoms. The zero-order valence-corrected chi connectivity index (χ0v) is 11.0. The van der Waals surface area contributed by atoms with Gasteiger partial charge in [0.25, 0.3) is 0 Å². The van der Waals surface area contributed by atoms with Gasteiger partial charge in [-0.1, -0.05) is 34.1 Å². The van der Waals surface area contributed by atoms with Crippen LogP contribution in [0.3, 0.4) is 0 Å². The molecular weight excluding hydrogens is 198 g/mol. The van der Waals surface area contributed by atoms with E-state index in [1.54, 1.807) is 0 Å². The van der Waals surface area contributed by atoms with Gasteiger partial charge >= 0.3 is 0 Å². The molecule has 0 fully saturated rings. The Bertz CT molecular complexity index is 293. The normalized spacial score (nSPS) is 15.0. The lowest BCUT2D eigenvalue weighted by atomic mass is 9.98. The summed E-state index contributed by atoms with van der Waals surface area (Å²) in [6.07, 6.45) is 3.35. The fourth-order valence-corrected chi connectivity index (χ4v) is 1.89.